The number of hydrogen-bond donors (Lipinski definition) is 0. The second-order valence-electron chi connectivity index (χ2n) is 13.2. The molecule has 0 saturated carbocycles. The minimum atomic E-state index is -1.16. The summed E-state index contributed by atoms with van der Waals surface area (Å²) in [6.07, 6.45) is 0.513. The lowest BCUT2D eigenvalue weighted by atomic mass is 9.75. The van der Waals surface area contributed by atoms with Gasteiger partial charge >= 0.3 is 24.1 Å². The largest absolute Gasteiger partial charge is 0.493 e. The fourth-order valence-electron chi connectivity index (χ4n) is 5.60. The minimum Gasteiger partial charge on any atom is -0.493 e. The maximum atomic E-state index is 13.1. The van der Waals surface area contributed by atoms with E-state index in [1.807, 2.05) is 32.0 Å². The van der Waals surface area contributed by atoms with E-state index in [0.717, 1.165) is 5.56 Å². The van der Waals surface area contributed by atoms with E-state index < -0.39 is 46.4 Å². The van der Waals surface area contributed by atoms with Crippen LogP contribution in [0.25, 0.3) is 0 Å². The molecule has 2 aliphatic rings. The van der Waals surface area contributed by atoms with Gasteiger partial charge in [0.1, 0.15) is 28.0 Å². The number of nitrogens with zero attached hydrogens (tertiary/aromatic N) is 2. The van der Waals surface area contributed by atoms with Crippen molar-refractivity contribution in [3.8, 4) is 5.75 Å². The zero-order valence-corrected chi connectivity index (χ0v) is 27.1. The van der Waals surface area contributed by atoms with Crippen molar-refractivity contribution in [3.63, 3.8) is 0 Å². The normalized spacial score (nSPS) is 21.8. The highest BCUT2D eigenvalue weighted by Crippen LogP contribution is 2.40. The van der Waals surface area contributed by atoms with Crippen LogP contribution in [0.3, 0.4) is 0 Å². The first-order valence-electron chi connectivity index (χ1n) is 15.0. The lowest BCUT2D eigenvalue weighted by molar-refractivity contribution is -0.172. The Balaban J connectivity index is 1.62. The topological polar surface area (TPSA) is 121 Å². The average molecular weight is 605 g/mol. The molecule has 0 N–H and O–H groups in total. The molecular formula is C32H48N2O9. The number of carbonyl (C=O) groups is 4. The van der Waals surface area contributed by atoms with E-state index in [1.165, 1.54) is 16.9 Å². The Hall–Kier alpha value is -3.50. The molecule has 3 rings (SSSR count). The number of methoxy groups -OCH3 is 1. The fraction of sp³-hybridized carbons (Fsp3) is 0.688. The Kier molecular flexibility index (Phi) is 10.3. The van der Waals surface area contributed by atoms with Gasteiger partial charge in [-0.2, -0.15) is 0 Å². The monoisotopic (exact) mass is 604 g/mol. The summed E-state index contributed by atoms with van der Waals surface area (Å²) in [7, 11) is 1.31. The summed E-state index contributed by atoms with van der Waals surface area (Å²) < 4.78 is 27.7. The number of carbonyl (C=O) groups excluding carboxylic acids is 4. The van der Waals surface area contributed by atoms with Gasteiger partial charge in [-0.05, 0) is 78.0 Å². The van der Waals surface area contributed by atoms with Crippen LogP contribution in [-0.2, 0) is 35.0 Å². The summed E-state index contributed by atoms with van der Waals surface area (Å²) in [5.41, 5.74) is -2.93. The van der Waals surface area contributed by atoms with Crippen LogP contribution < -0.4 is 4.74 Å². The van der Waals surface area contributed by atoms with Crippen LogP contribution >= 0.6 is 0 Å². The first-order valence-corrected chi connectivity index (χ1v) is 15.0. The molecule has 2 unspecified atom stereocenters. The van der Waals surface area contributed by atoms with E-state index in [-0.39, 0.29) is 25.6 Å². The predicted molar refractivity (Wildman–Crippen MR) is 159 cm³/mol. The second kappa shape index (κ2) is 13.0. The Morgan fingerprint density at radius 1 is 0.930 bits per heavy atom. The molecular weight excluding hydrogens is 556 g/mol. The molecule has 0 aromatic heterocycles. The number of amides is 2. The lowest BCUT2D eigenvalue weighted by Gasteiger charge is -2.52. The number of likely N-dealkylation sites (tertiary alicyclic amines) is 2. The molecule has 2 atom stereocenters. The standard InChI is InChI=1S/C32H48N2O9/c1-10-40-26(36)32(22(2)3)15-18-34(32)28(38)43-30(7,8)16-19-41-24-13-11-12-23(20-24)21-31(25(35)39-9)14-17-33(31)27(37)42-29(4,5)6/h11-13,20,22H,10,14-19,21H2,1-9H3. The summed E-state index contributed by atoms with van der Waals surface area (Å²) in [4.78, 5) is 54.5. The van der Waals surface area contributed by atoms with Gasteiger partial charge in [-0.1, -0.05) is 26.0 Å². The van der Waals surface area contributed by atoms with Crippen LogP contribution in [0.1, 0.15) is 80.2 Å². The molecule has 2 aliphatic heterocycles. The average Bonchev–Trinajstić information content (AvgIpc) is 2.84. The predicted octanol–water partition coefficient (Wildman–Crippen LogP) is 5.13. The third kappa shape index (κ3) is 7.36. The molecule has 240 valence electrons. The molecule has 0 bridgehead atoms. The summed E-state index contributed by atoms with van der Waals surface area (Å²) in [5.74, 6) is -0.446. The summed E-state index contributed by atoms with van der Waals surface area (Å²) in [6.45, 7) is 15.8. The Labute approximate surface area is 255 Å². The Morgan fingerprint density at radius 2 is 1.58 bits per heavy atom. The third-order valence-electron chi connectivity index (χ3n) is 8.18. The summed E-state index contributed by atoms with van der Waals surface area (Å²) in [6, 6.07) is 7.32. The lowest BCUT2D eigenvalue weighted by Crippen LogP contribution is -2.70. The molecule has 43 heavy (non-hydrogen) atoms. The quantitative estimate of drug-likeness (QED) is 0.250. The first-order chi connectivity index (χ1) is 20.0. The van der Waals surface area contributed by atoms with Gasteiger partial charge in [0.2, 0.25) is 0 Å². The van der Waals surface area contributed by atoms with Gasteiger partial charge in [0.25, 0.3) is 0 Å². The van der Waals surface area contributed by atoms with E-state index in [9.17, 15) is 19.2 Å². The molecule has 2 amide bonds. The van der Waals surface area contributed by atoms with Crippen molar-refractivity contribution in [2.75, 3.05) is 33.4 Å². The van der Waals surface area contributed by atoms with Crippen LogP contribution in [0.5, 0.6) is 5.75 Å². The van der Waals surface area contributed by atoms with Crippen molar-refractivity contribution in [1.29, 1.82) is 0 Å². The number of ether oxygens (including phenoxy) is 5. The zero-order chi connectivity index (χ0) is 32.2. The van der Waals surface area contributed by atoms with Gasteiger partial charge in [-0.3, -0.25) is 9.80 Å². The van der Waals surface area contributed by atoms with Crippen molar-refractivity contribution in [1.82, 2.24) is 9.80 Å². The number of esters is 2. The molecule has 2 saturated heterocycles. The summed E-state index contributed by atoms with van der Waals surface area (Å²) >= 11 is 0. The number of benzene rings is 1. The van der Waals surface area contributed by atoms with Crippen molar-refractivity contribution in [2.45, 2.75) is 103 Å². The zero-order valence-electron chi connectivity index (χ0n) is 27.1. The maximum absolute atomic E-state index is 13.1. The van der Waals surface area contributed by atoms with Crippen molar-refractivity contribution in [3.05, 3.63) is 29.8 Å². The van der Waals surface area contributed by atoms with E-state index in [2.05, 4.69) is 0 Å². The molecule has 11 heteroatoms. The molecule has 2 heterocycles. The van der Waals surface area contributed by atoms with Gasteiger partial charge < -0.3 is 23.7 Å². The van der Waals surface area contributed by atoms with Crippen molar-refractivity contribution < 1.29 is 42.9 Å². The van der Waals surface area contributed by atoms with Gasteiger partial charge in [0.05, 0.1) is 20.3 Å². The van der Waals surface area contributed by atoms with Crippen LogP contribution in [0, 0.1) is 5.92 Å². The van der Waals surface area contributed by atoms with E-state index >= 15 is 0 Å². The third-order valence-corrected chi connectivity index (χ3v) is 8.18. The number of hydrogen-bond acceptors (Lipinski definition) is 9. The van der Waals surface area contributed by atoms with Crippen LogP contribution in [0.2, 0.25) is 0 Å². The van der Waals surface area contributed by atoms with Gasteiger partial charge in [-0.15, -0.1) is 0 Å². The highest BCUT2D eigenvalue weighted by molar-refractivity contribution is 5.89. The number of rotatable bonds is 11. The fourth-order valence-corrected chi connectivity index (χ4v) is 5.60. The van der Waals surface area contributed by atoms with Crippen LogP contribution in [-0.4, -0.2) is 89.6 Å². The molecule has 1 aromatic carbocycles. The SMILES string of the molecule is CCOC(=O)C1(C(C)C)CCN1C(=O)OC(C)(C)CCOc1cccc(CC2(C(=O)OC)CCN2C(=O)OC(C)(C)C)c1. The molecule has 0 spiro atoms. The van der Waals surface area contributed by atoms with Crippen LogP contribution in [0.4, 0.5) is 9.59 Å². The highest BCUT2D eigenvalue weighted by Gasteiger charge is 2.58. The summed E-state index contributed by atoms with van der Waals surface area (Å²) in [5, 5.41) is 0. The molecule has 0 radical (unpaired) electrons. The highest BCUT2D eigenvalue weighted by atomic mass is 16.6. The van der Waals surface area contributed by atoms with Gasteiger partial charge in [0.15, 0.2) is 0 Å². The van der Waals surface area contributed by atoms with E-state index in [4.69, 9.17) is 23.7 Å². The first kappa shape index (κ1) is 34.0. The van der Waals surface area contributed by atoms with E-state index in [1.54, 1.807) is 47.6 Å². The van der Waals surface area contributed by atoms with E-state index in [0.29, 0.717) is 38.1 Å². The molecule has 0 aliphatic carbocycles. The molecule has 2 fully saturated rings. The van der Waals surface area contributed by atoms with Crippen LogP contribution in [0.15, 0.2) is 24.3 Å². The van der Waals surface area contributed by atoms with Gasteiger partial charge in [0, 0.05) is 25.9 Å². The van der Waals surface area contributed by atoms with Crippen molar-refractivity contribution >= 4 is 24.1 Å². The molecule has 1 aromatic rings. The second-order valence-corrected chi connectivity index (χ2v) is 13.2. The minimum absolute atomic E-state index is 0.124. The van der Waals surface area contributed by atoms with Crippen molar-refractivity contribution in [2.24, 2.45) is 5.92 Å². The smallest absolute Gasteiger partial charge is 0.411 e. The van der Waals surface area contributed by atoms with Gasteiger partial charge in [-0.25, -0.2) is 19.2 Å². The maximum Gasteiger partial charge on any atom is 0.411 e. The Bertz CT molecular complexity index is 1190. The molecule has 11 nitrogen and oxygen atoms in total. The Morgan fingerprint density at radius 3 is 2.09 bits per heavy atom.